The predicted octanol–water partition coefficient (Wildman–Crippen LogP) is 4.64. The third-order valence-corrected chi connectivity index (χ3v) is 13.9. The fourth-order valence-electron chi connectivity index (χ4n) is 5.91. The van der Waals surface area contributed by atoms with Gasteiger partial charge in [-0.25, -0.2) is 9.37 Å². The van der Waals surface area contributed by atoms with Crippen LogP contribution in [0.1, 0.15) is 52.7 Å². The Hall–Kier alpha value is -0.640. The molecule has 0 amide bonds. The molecule has 4 fully saturated rings. The first-order valence-electron chi connectivity index (χ1n) is 12.9. The molecule has 3 aliphatic heterocycles. The van der Waals surface area contributed by atoms with Crippen molar-refractivity contribution in [2.24, 2.45) is 5.92 Å². The van der Waals surface area contributed by atoms with Gasteiger partial charge in [0.05, 0.1) is 19.0 Å². The normalized spacial score (nSPS) is 39.1. The number of allylic oxidation sites excluding steroid dienone is 1. The van der Waals surface area contributed by atoms with Crippen LogP contribution in [0.25, 0.3) is 11.2 Å². The van der Waals surface area contributed by atoms with Gasteiger partial charge >= 0.3 is 0 Å². The number of hydrogen-bond donors (Lipinski definition) is 2. The molecule has 0 spiro atoms. The van der Waals surface area contributed by atoms with E-state index >= 15 is 0 Å². The van der Waals surface area contributed by atoms with E-state index < -0.39 is 42.1 Å². The van der Waals surface area contributed by atoms with Crippen LogP contribution in [0.4, 0.5) is 10.3 Å². The van der Waals surface area contributed by atoms with Gasteiger partial charge in [0, 0.05) is 4.75 Å². The molecule has 2 aromatic rings. The van der Waals surface area contributed by atoms with E-state index in [9.17, 15) is 9.18 Å². The van der Waals surface area contributed by atoms with E-state index in [1.54, 1.807) is 15.9 Å². The number of aromatic amines is 1. The van der Waals surface area contributed by atoms with E-state index in [2.05, 4.69) is 35.4 Å². The number of nitrogens with one attached hydrogen (secondary N) is 2. The largest absolute Gasteiger partial charge is 0.368 e. The van der Waals surface area contributed by atoms with E-state index in [4.69, 9.17) is 31.7 Å². The van der Waals surface area contributed by atoms with Gasteiger partial charge in [0.2, 0.25) is 11.6 Å². The Kier molecular flexibility index (Phi) is 8.58. The highest BCUT2D eigenvalue weighted by Gasteiger charge is 2.65. The molecule has 39 heavy (non-hydrogen) atoms. The minimum atomic E-state index is -2.73. The Morgan fingerprint density at radius 3 is 3.00 bits per heavy atom. The molecule has 2 bridgehead atoms. The number of ether oxygens (including phenoxy) is 2. The van der Waals surface area contributed by atoms with E-state index in [0.29, 0.717) is 24.3 Å². The van der Waals surface area contributed by atoms with Crippen LogP contribution < -0.4 is 10.9 Å². The molecule has 0 aromatic carbocycles. The molecule has 4 aliphatic rings. The lowest BCUT2D eigenvalue weighted by Gasteiger charge is -2.37. The van der Waals surface area contributed by atoms with Gasteiger partial charge in [-0.05, 0) is 57.3 Å². The maximum absolute atomic E-state index is 13.1. The number of aromatic nitrogens is 4. The molecule has 0 radical (unpaired) electrons. The second kappa shape index (κ2) is 11.2. The predicted molar refractivity (Wildman–Crippen MR) is 164 cm³/mol. The summed E-state index contributed by atoms with van der Waals surface area (Å²) >= 11 is 7.73. The third kappa shape index (κ3) is 5.14. The van der Waals surface area contributed by atoms with E-state index in [1.165, 1.54) is 11.9 Å². The van der Waals surface area contributed by atoms with Crippen LogP contribution in [0.3, 0.4) is 0 Å². The van der Waals surface area contributed by atoms with Crippen molar-refractivity contribution in [3.8, 4) is 0 Å². The number of hydrogen-bond acceptors (Lipinski definition) is 10. The van der Waals surface area contributed by atoms with Crippen LogP contribution >= 0.6 is 44.1 Å². The maximum Gasteiger partial charge on any atom is 0.280 e. The molecule has 16 heteroatoms. The fourth-order valence-corrected chi connectivity index (χ4v) is 13.4. The summed E-state index contributed by atoms with van der Waals surface area (Å²) in [5.41, 5.74) is -2.67. The number of H-pyrrole nitrogens is 1. The molecule has 2 aromatic heterocycles. The van der Waals surface area contributed by atoms with Gasteiger partial charge in [-0.1, -0.05) is 30.5 Å². The number of anilines is 1. The molecule has 218 valence electrons. The Balaban J connectivity index is 0.00000185. The number of alkyl halides is 1. The number of imidazole rings is 1. The summed E-state index contributed by atoms with van der Waals surface area (Å²) in [5, 5.41) is 0.453. The lowest BCUT2D eigenvalue weighted by atomic mass is 9.77. The maximum atomic E-state index is 13.1. The monoisotopic (exact) mass is 640 g/mol. The number of nitrogens with zero attached hydrogens (tertiary/aromatic N) is 3. The fraction of sp³-hybridized carbons (Fsp3) is 0.696. The zero-order valence-electron chi connectivity index (χ0n) is 22.9. The van der Waals surface area contributed by atoms with Crippen molar-refractivity contribution in [1.82, 2.24) is 19.5 Å². The minimum absolute atomic E-state index is 0. The number of halogens is 1. The van der Waals surface area contributed by atoms with Crippen molar-refractivity contribution >= 4 is 73.0 Å². The number of fused-ring (bicyclic) bond motifs is 4. The van der Waals surface area contributed by atoms with E-state index in [0.717, 1.165) is 19.3 Å². The SMILES string of the molecule is S.S.[2H]N(CF)c1nc2c(ncn2[C@@H]2O[C@@]3(CC)CO[C@H]2C3O[P@@]2(=S)O[C@@H]3C[C@@H](C(=C)C)CC[C@@]3(C)S2)c(=O)[nH]1. The van der Waals surface area contributed by atoms with Crippen LogP contribution in [-0.4, -0.2) is 61.6 Å². The summed E-state index contributed by atoms with van der Waals surface area (Å²) in [6.45, 7) is 9.64. The van der Waals surface area contributed by atoms with Crippen LogP contribution in [-0.2, 0) is 30.3 Å². The zero-order valence-corrected chi connectivity index (χ0v) is 26.4. The highest BCUT2D eigenvalue weighted by atomic mass is 32.9. The first-order valence-corrected chi connectivity index (χ1v) is 16.5. The highest BCUT2D eigenvalue weighted by molar-refractivity contribution is 8.68. The van der Waals surface area contributed by atoms with Crippen LogP contribution in [0.5, 0.6) is 0 Å². The summed E-state index contributed by atoms with van der Waals surface area (Å²) in [4.78, 5) is 23.4. The molecule has 5 heterocycles. The lowest BCUT2D eigenvalue weighted by Crippen LogP contribution is -2.40. The molecule has 1 aliphatic carbocycles. The molecule has 2 N–H and O–H groups in total. The van der Waals surface area contributed by atoms with Gasteiger partial charge in [-0.2, -0.15) is 32.0 Å². The van der Waals surface area contributed by atoms with Gasteiger partial charge in [0.1, 0.15) is 17.8 Å². The summed E-state index contributed by atoms with van der Waals surface area (Å²) < 4.78 is 48.3. The Morgan fingerprint density at radius 1 is 1.54 bits per heavy atom. The van der Waals surface area contributed by atoms with Crippen molar-refractivity contribution in [2.75, 3.05) is 18.7 Å². The number of rotatable bonds is 7. The molecule has 10 nitrogen and oxygen atoms in total. The quantitative estimate of drug-likeness (QED) is 0.252. The van der Waals surface area contributed by atoms with Crippen molar-refractivity contribution in [3.05, 3.63) is 28.8 Å². The summed E-state index contributed by atoms with van der Waals surface area (Å²) in [7, 11) is 0. The lowest BCUT2D eigenvalue weighted by molar-refractivity contribution is -0.172. The van der Waals surface area contributed by atoms with Crippen LogP contribution in [0.2, 0.25) is 1.41 Å². The summed E-state index contributed by atoms with van der Waals surface area (Å²) in [6.07, 6.45) is 3.25. The van der Waals surface area contributed by atoms with Gasteiger partial charge in [-0.3, -0.25) is 14.3 Å². The van der Waals surface area contributed by atoms with Crippen LogP contribution in [0.15, 0.2) is 23.3 Å². The standard InChI is InChI=1S/C23H31FN5O5PS2.2H2S/c1-5-23-9-31-16(20(32-23)29-11-26-15-18(29)27-21(25-10-24)28-19(15)30)17(23)34-35(36)33-14-8-13(12(2)3)6-7-22(14,4)37-35;;/h11,13-14,16-17,20H,2,5-10H2,1,3-4H3,(H2,25,27,28,30);2*1H2/t13-,14+,16-,17?,20+,22+,23-,35+;;/m0../s1/i/hD. The summed E-state index contributed by atoms with van der Waals surface area (Å²) in [5.74, 6) is 0.187. The smallest absolute Gasteiger partial charge is 0.280 e. The van der Waals surface area contributed by atoms with Crippen molar-refractivity contribution in [2.45, 2.75) is 81.3 Å². The van der Waals surface area contributed by atoms with E-state index in [1.807, 2.05) is 6.92 Å². The Morgan fingerprint density at radius 2 is 2.31 bits per heavy atom. The van der Waals surface area contributed by atoms with Gasteiger partial charge < -0.3 is 23.8 Å². The first-order chi connectivity index (χ1) is 18.0. The van der Waals surface area contributed by atoms with Crippen molar-refractivity contribution in [1.29, 1.82) is 0 Å². The Labute approximate surface area is 250 Å². The molecule has 3 saturated heterocycles. The molecule has 1 saturated carbocycles. The van der Waals surface area contributed by atoms with Gasteiger partial charge in [0.25, 0.3) is 5.56 Å². The highest BCUT2D eigenvalue weighted by Crippen LogP contribution is 2.77. The second-order valence-corrected chi connectivity index (χ2v) is 17.0. The van der Waals surface area contributed by atoms with Crippen molar-refractivity contribution < 1.29 is 24.3 Å². The van der Waals surface area contributed by atoms with E-state index in [-0.39, 0.29) is 55.0 Å². The average molecular weight is 641 g/mol. The van der Waals surface area contributed by atoms with Crippen LogP contribution in [0, 0.1) is 5.92 Å². The molecular formula is C23H35FN5O5PS4. The first kappa shape index (κ1) is 29.8. The van der Waals surface area contributed by atoms with Gasteiger partial charge in [0.15, 0.2) is 25.6 Å². The van der Waals surface area contributed by atoms with Gasteiger partial charge in [-0.15, -0.1) is 0 Å². The second-order valence-electron chi connectivity index (χ2n) is 10.5. The summed E-state index contributed by atoms with van der Waals surface area (Å²) in [6, 6.07) is 0. The van der Waals surface area contributed by atoms with Crippen molar-refractivity contribution in [3.63, 3.8) is 0 Å². The third-order valence-electron chi connectivity index (χ3n) is 8.16. The zero-order chi connectivity index (χ0) is 27.0. The molecule has 6 rings (SSSR count). The Bertz CT molecular complexity index is 1400. The topological polar surface area (TPSA) is 113 Å². The average Bonchev–Trinajstić information content (AvgIpc) is 3.60. The minimum Gasteiger partial charge on any atom is -0.368 e. The molecule has 1 unspecified atom stereocenters. The molecule has 8 atom stereocenters. The molecular weight excluding hydrogens is 605 g/mol.